The lowest BCUT2D eigenvalue weighted by molar-refractivity contribution is -0.110. The third-order valence-corrected chi connectivity index (χ3v) is 4.42. The number of hydrogen-bond acceptors (Lipinski definition) is 3. The number of carbonyl (C=O) groups excluding carboxylic acids is 1. The van der Waals surface area contributed by atoms with Crippen molar-refractivity contribution in [2.45, 2.75) is 32.6 Å². The zero-order chi connectivity index (χ0) is 15.3. The Bertz CT molecular complexity index is 797. The minimum absolute atomic E-state index is 0.142. The minimum Gasteiger partial charge on any atom is -0.441 e. The van der Waals surface area contributed by atoms with Gasteiger partial charge < -0.3 is 9.73 Å². The monoisotopic (exact) mass is 314 g/mol. The van der Waals surface area contributed by atoms with Crippen LogP contribution in [0.25, 0.3) is 11.6 Å². The Morgan fingerprint density at radius 3 is 2.95 bits per heavy atom. The summed E-state index contributed by atoms with van der Waals surface area (Å²) >= 11 is 6.12. The van der Waals surface area contributed by atoms with Gasteiger partial charge in [0.1, 0.15) is 5.76 Å². The predicted molar refractivity (Wildman–Crippen MR) is 85.8 cm³/mol. The molecule has 2 heterocycles. The number of nitrogens with one attached hydrogen (secondary N) is 1. The van der Waals surface area contributed by atoms with Crippen LogP contribution in [-0.2, 0) is 17.6 Å². The maximum absolute atomic E-state index is 12.3. The molecule has 0 saturated carbocycles. The molecule has 2 aromatic rings. The van der Waals surface area contributed by atoms with E-state index in [0.29, 0.717) is 16.5 Å². The molecule has 1 aromatic heterocycles. The second-order valence-electron chi connectivity index (χ2n) is 5.79. The van der Waals surface area contributed by atoms with Gasteiger partial charge in [0.25, 0.3) is 5.91 Å². The SMILES string of the molecule is Cc1cc(Cl)cc2c1NC(=O)C2=Cc1nc2c(o1)CCCC2. The normalized spacial score (nSPS) is 18.3. The molecule has 0 atom stereocenters. The standard InChI is InChI=1S/C17H15ClN2O2/c1-9-6-10(18)7-11-12(17(21)20-16(9)11)8-15-19-13-4-2-3-5-14(13)22-15/h6-8H,2-5H2,1H3,(H,20,21). The van der Waals surface area contributed by atoms with Crippen molar-refractivity contribution < 1.29 is 9.21 Å². The molecule has 0 radical (unpaired) electrons. The number of rotatable bonds is 1. The van der Waals surface area contributed by atoms with E-state index in [4.69, 9.17) is 16.0 Å². The molecular formula is C17H15ClN2O2. The fraction of sp³-hybridized carbons (Fsp3) is 0.294. The maximum Gasteiger partial charge on any atom is 0.256 e. The predicted octanol–water partition coefficient (Wildman–Crippen LogP) is 4.01. The zero-order valence-electron chi connectivity index (χ0n) is 12.2. The molecule has 0 unspecified atom stereocenters. The first-order valence-electron chi connectivity index (χ1n) is 7.44. The van der Waals surface area contributed by atoms with E-state index in [-0.39, 0.29) is 5.91 Å². The van der Waals surface area contributed by atoms with Gasteiger partial charge in [0.05, 0.1) is 17.0 Å². The molecule has 112 valence electrons. The highest BCUT2D eigenvalue weighted by atomic mass is 35.5. The van der Waals surface area contributed by atoms with E-state index in [9.17, 15) is 4.79 Å². The quantitative estimate of drug-likeness (QED) is 0.809. The van der Waals surface area contributed by atoms with Crippen LogP contribution in [0, 0.1) is 6.92 Å². The Hall–Kier alpha value is -2.07. The van der Waals surface area contributed by atoms with E-state index in [2.05, 4.69) is 10.3 Å². The van der Waals surface area contributed by atoms with Crippen LogP contribution in [0.5, 0.6) is 0 Å². The lowest BCUT2D eigenvalue weighted by atomic mass is 10.0. The second kappa shape index (κ2) is 4.99. The molecule has 4 nitrogen and oxygen atoms in total. The summed E-state index contributed by atoms with van der Waals surface area (Å²) in [5, 5.41) is 3.51. The highest BCUT2D eigenvalue weighted by Crippen LogP contribution is 2.37. The fourth-order valence-corrected chi connectivity index (χ4v) is 3.40. The van der Waals surface area contributed by atoms with Crippen LogP contribution in [-0.4, -0.2) is 10.9 Å². The molecule has 0 bridgehead atoms. The molecule has 1 aromatic carbocycles. The average molecular weight is 315 g/mol. The maximum atomic E-state index is 12.3. The number of aryl methyl sites for hydroxylation is 3. The van der Waals surface area contributed by atoms with Crippen molar-refractivity contribution in [2.24, 2.45) is 0 Å². The van der Waals surface area contributed by atoms with Gasteiger partial charge in [-0.3, -0.25) is 4.79 Å². The summed E-state index contributed by atoms with van der Waals surface area (Å²) in [4.78, 5) is 16.8. The molecule has 1 aliphatic heterocycles. The van der Waals surface area contributed by atoms with E-state index in [1.54, 1.807) is 12.1 Å². The molecule has 1 amide bonds. The number of anilines is 1. The Morgan fingerprint density at radius 1 is 1.32 bits per heavy atom. The van der Waals surface area contributed by atoms with E-state index >= 15 is 0 Å². The zero-order valence-corrected chi connectivity index (χ0v) is 13.0. The summed E-state index contributed by atoms with van der Waals surface area (Å²) in [6, 6.07) is 3.64. The average Bonchev–Trinajstić information content (AvgIpc) is 3.02. The number of hydrogen-bond donors (Lipinski definition) is 1. The van der Waals surface area contributed by atoms with Crippen LogP contribution in [0.3, 0.4) is 0 Å². The Morgan fingerprint density at radius 2 is 2.14 bits per heavy atom. The Balaban J connectivity index is 1.80. The number of amides is 1. The minimum atomic E-state index is -0.142. The van der Waals surface area contributed by atoms with Crippen molar-refractivity contribution in [3.63, 3.8) is 0 Å². The van der Waals surface area contributed by atoms with Crippen molar-refractivity contribution in [3.05, 3.63) is 45.6 Å². The van der Waals surface area contributed by atoms with Gasteiger partial charge in [-0.15, -0.1) is 0 Å². The lowest BCUT2D eigenvalue weighted by Gasteiger charge is -2.05. The molecule has 0 spiro atoms. The van der Waals surface area contributed by atoms with Gasteiger partial charge in [0.15, 0.2) is 0 Å². The van der Waals surface area contributed by atoms with Gasteiger partial charge in [0, 0.05) is 23.1 Å². The molecule has 2 aliphatic rings. The van der Waals surface area contributed by atoms with Crippen LogP contribution in [0.15, 0.2) is 16.5 Å². The van der Waals surface area contributed by atoms with Crippen LogP contribution >= 0.6 is 11.6 Å². The summed E-state index contributed by atoms with van der Waals surface area (Å²) < 4.78 is 5.79. The first-order valence-corrected chi connectivity index (χ1v) is 7.82. The van der Waals surface area contributed by atoms with Crippen molar-refractivity contribution in [1.29, 1.82) is 0 Å². The van der Waals surface area contributed by atoms with Crippen molar-refractivity contribution in [3.8, 4) is 0 Å². The summed E-state index contributed by atoms with van der Waals surface area (Å²) in [7, 11) is 0. The number of oxazole rings is 1. The largest absolute Gasteiger partial charge is 0.441 e. The first kappa shape index (κ1) is 13.6. The lowest BCUT2D eigenvalue weighted by Crippen LogP contribution is -2.04. The van der Waals surface area contributed by atoms with E-state index < -0.39 is 0 Å². The van der Waals surface area contributed by atoms with Gasteiger partial charge in [-0.2, -0.15) is 0 Å². The summed E-state index contributed by atoms with van der Waals surface area (Å²) in [6.07, 6.45) is 5.88. The Kier molecular flexibility index (Phi) is 3.08. The van der Waals surface area contributed by atoms with Crippen LogP contribution in [0.1, 0.15) is 41.3 Å². The molecule has 5 heteroatoms. The topological polar surface area (TPSA) is 55.1 Å². The van der Waals surface area contributed by atoms with Crippen LogP contribution in [0.4, 0.5) is 5.69 Å². The molecule has 0 fully saturated rings. The van der Waals surface area contributed by atoms with Crippen LogP contribution < -0.4 is 5.32 Å². The van der Waals surface area contributed by atoms with Crippen molar-refractivity contribution in [1.82, 2.24) is 4.98 Å². The van der Waals surface area contributed by atoms with Gasteiger partial charge in [-0.1, -0.05) is 11.6 Å². The second-order valence-corrected chi connectivity index (χ2v) is 6.22. The molecule has 1 aliphatic carbocycles. The van der Waals surface area contributed by atoms with E-state index in [1.807, 2.05) is 13.0 Å². The van der Waals surface area contributed by atoms with Gasteiger partial charge in [-0.05, 0) is 43.9 Å². The highest BCUT2D eigenvalue weighted by molar-refractivity contribution is 6.37. The van der Waals surface area contributed by atoms with Gasteiger partial charge >= 0.3 is 0 Å². The number of benzene rings is 1. The van der Waals surface area contributed by atoms with Gasteiger partial charge in [-0.25, -0.2) is 4.98 Å². The number of aromatic nitrogens is 1. The number of fused-ring (bicyclic) bond motifs is 2. The molecule has 0 saturated heterocycles. The van der Waals surface area contributed by atoms with E-state index in [1.165, 1.54) is 0 Å². The van der Waals surface area contributed by atoms with Crippen molar-refractivity contribution in [2.75, 3.05) is 5.32 Å². The van der Waals surface area contributed by atoms with Gasteiger partial charge in [0.2, 0.25) is 5.89 Å². The fourth-order valence-electron chi connectivity index (χ4n) is 3.13. The summed E-state index contributed by atoms with van der Waals surface area (Å²) in [5.74, 6) is 1.32. The number of nitrogens with zero attached hydrogens (tertiary/aromatic N) is 1. The van der Waals surface area contributed by atoms with Crippen LogP contribution in [0.2, 0.25) is 5.02 Å². The smallest absolute Gasteiger partial charge is 0.256 e. The third-order valence-electron chi connectivity index (χ3n) is 4.20. The molecule has 22 heavy (non-hydrogen) atoms. The molecule has 4 rings (SSSR count). The summed E-state index contributed by atoms with van der Waals surface area (Å²) in [6.45, 7) is 1.93. The Labute approximate surface area is 133 Å². The van der Waals surface area contributed by atoms with E-state index in [0.717, 1.165) is 54.0 Å². The first-order chi connectivity index (χ1) is 10.6. The highest BCUT2D eigenvalue weighted by Gasteiger charge is 2.27. The molecular weight excluding hydrogens is 300 g/mol. The number of carbonyl (C=O) groups is 1. The molecule has 1 N–H and O–H groups in total. The third kappa shape index (κ3) is 2.15. The number of halogens is 1. The summed E-state index contributed by atoms with van der Waals surface area (Å²) in [5.41, 5.74) is 4.16. The van der Waals surface area contributed by atoms with Crippen molar-refractivity contribution >= 4 is 34.8 Å².